The maximum absolute atomic E-state index is 6.48. The Bertz CT molecular complexity index is 806. The monoisotopic (exact) mass is 260 g/mol. The van der Waals surface area contributed by atoms with E-state index in [0.717, 1.165) is 47.1 Å². The number of hydrogen-bond donors (Lipinski definition) is 1. The average Bonchev–Trinajstić information content (AvgIpc) is 2.67. The number of nitrogen functional groups attached to an aromatic ring is 1. The van der Waals surface area contributed by atoms with Gasteiger partial charge in [0.1, 0.15) is 0 Å². The summed E-state index contributed by atoms with van der Waals surface area (Å²) >= 11 is 0. The summed E-state index contributed by atoms with van der Waals surface area (Å²) in [6.07, 6.45) is 3.23. The van der Waals surface area contributed by atoms with Gasteiger partial charge in [0.2, 0.25) is 0 Å². The summed E-state index contributed by atoms with van der Waals surface area (Å²) in [4.78, 5) is 4.86. The fourth-order valence-corrected chi connectivity index (χ4v) is 3.20. The number of anilines is 1. The van der Waals surface area contributed by atoms with E-state index in [1.54, 1.807) is 0 Å². The third kappa shape index (κ3) is 1.61. The van der Waals surface area contributed by atoms with Crippen molar-refractivity contribution in [2.75, 3.05) is 5.73 Å². The number of aryl methyl sites for hydroxylation is 2. The molecule has 98 valence electrons. The second kappa shape index (κ2) is 4.34. The molecular formula is C18H16N2. The summed E-state index contributed by atoms with van der Waals surface area (Å²) in [6.45, 7) is 0. The minimum absolute atomic E-state index is 0.875. The third-order valence-corrected chi connectivity index (χ3v) is 4.15. The van der Waals surface area contributed by atoms with Crippen LogP contribution in [0.3, 0.4) is 0 Å². The second-order valence-corrected chi connectivity index (χ2v) is 5.38. The van der Waals surface area contributed by atoms with Crippen LogP contribution in [0, 0.1) is 0 Å². The molecule has 1 aliphatic rings. The number of fused-ring (bicyclic) bond motifs is 4. The fraction of sp³-hybridized carbons (Fsp3) is 0.167. The number of aromatic nitrogens is 1. The van der Waals surface area contributed by atoms with Gasteiger partial charge < -0.3 is 5.73 Å². The summed E-state index contributed by atoms with van der Waals surface area (Å²) in [5, 5.41) is 1.06. The van der Waals surface area contributed by atoms with Crippen LogP contribution in [-0.2, 0) is 12.8 Å². The van der Waals surface area contributed by atoms with Crippen LogP contribution < -0.4 is 5.73 Å². The van der Waals surface area contributed by atoms with Crippen molar-refractivity contribution in [2.45, 2.75) is 19.3 Å². The molecule has 0 saturated heterocycles. The number of pyridine rings is 1. The molecule has 3 aromatic rings. The molecule has 1 heterocycles. The minimum Gasteiger partial charge on any atom is -0.398 e. The molecule has 2 N–H and O–H groups in total. The van der Waals surface area contributed by atoms with E-state index >= 15 is 0 Å². The Kier molecular flexibility index (Phi) is 2.49. The molecule has 1 aromatic heterocycles. The van der Waals surface area contributed by atoms with Gasteiger partial charge in [0.05, 0.1) is 16.9 Å². The Morgan fingerprint density at radius 2 is 1.70 bits per heavy atom. The van der Waals surface area contributed by atoms with Crippen LogP contribution in [0.25, 0.3) is 22.0 Å². The Labute approximate surface area is 118 Å². The van der Waals surface area contributed by atoms with Crippen LogP contribution in [-0.4, -0.2) is 4.98 Å². The molecule has 2 heteroatoms. The first-order valence-corrected chi connectivity index (χ1v) is 7.10. The highest BCUT2D eigenvalue weighted by atomic mass is 14.7. The standard InChI is InChI=1S/C18H16N2/c19-18-14-9-3-4-10-15(14)20-16-11-5-7-12-6-1-2-8-13(12)17(16)18/h1-4,6,8-10H,5,7,11H2,(H2,19,20). The first-order chi connectivity index (χ1) is 9.84. The molecule has 4 rings (SSSR count). The zero-order valence-electron chi connectivity index (χ0n) is 11.3. The number of nitrogens with two attached hydrogens (primary N) is 1. The number of rotatable bonds is 0. The fourth-order valence-electron chi connectivity index (χ4n) is 3.20. The topological polar surface area (TPSA) is 38.9 Å². The molecule has 1 aliphatic carbocycles. The van der Waals surface area contributed by atoms with Crippen LogP contribution in [0.5, 0.6) is 0 Å². The Morgan fingerprint density at radius 1 is 0.900 bits per heavy atom. The molecule has 2 aromatic carbocycles. The van der Waals surface area contributed by atoms with Crippen LogP contribution >= 0.6 is 0 Å². The van der Waals surface area contributed by atoms with E-state index in [1.165, 1.54) is 11.1 Å². The molecule has 0 saturated carbocycles. The summed E-state index contributed by atoms with van der Waals surface area (Å²) in [7, 11) is 0. The molecule has 0 spiro atoms. The van der Waals surface area contributed by atoms with Gasteiger partial charge >= 0.3 is 0 Å². The number of para-hydroxylation sites is 1. The van der Waals surface area contributed by atoms with Gasteiger partial charge in [-0.3, -0.25) is 4.98 Å². The molecule has 0 fully saturated rings. The van der Waals surface area contributed by atoms with E-state index in [4.69, 9.17) is 10.7 Å². The lowest BCUT2D eigenvalue weighted by Gasteiger charge is -2.14. The first-order valence-electron chi connectivity index (χ1n) is 7.10. The quantitative estimate of drug-likeness (QED) is 0.664. The number of nitrogens with zero attached hydrogens (tertiary/aromatic N) is 1. The van der Waals surface area contributed by atoms with Crippen LogP contribution in [0.1, 0.15) is 17.7 Å². The summed E-state index contributed by atoms with van der Waals surface area (Å²) in [5.74, 6) is 0. The highest BCUT2D eigenvalue weighted by Crippen LogP contribution is 2.38. The van der Waals surface area contributed by atoms with Gasteiger partial charge in [-0.15, -0.1) is 0 Å². The first kappa shape index (κ1) is 11.5. The number of benzene rings is 2. The smallest absolute Gasteiger partial charge is 0.0726 e. The van der Waals surface area contributed by atoms with Crippen molar-refractivity contribution in [3.8, 4) is 11.1 Å². The van der Waals surface area contributed by atoms with Crippen molar-refractivity contribution in [3.05, 3.63) is 59.8 Å². The lowest BCUT2D eigenvalue weighted by atomic mass is 9.96. The van der Waals surface area contributed by atoms with Crippen molar-refractivity contribution >= 4 is 16.6 Å². The molecule has 2 nitrogen and oxygen atoms in total. The SMILES string of the molecule is Nc1c2c(nc3ccccc13)CCCc1ccccc1-2. The van der Waals surface area contributed by atoms with Crippen molar-refractivity contribution in [2.24, 2.45) is 0 Å². The largest absolute Gasteiger partial charge is 0.398 e. The van der Waals surface area contributed by atoms with Crippen LogP contribution in [0.15, 0.2) is 48.5 Å². The molecular weight excluding hydrogens is 244 g/mol. The van der Waals surface area contributed by atoms with Gasteiger partial charge in [0, 0.05) is 10.9 Å². The number of hydrogen-bond acceptors (Lipinski definition) is 2. The van der Waals surface area contributed by atoms with E-state index in [1.807, 2.05) is 18.2 Å². The van der Waals surface area contributed by atoms with Crippen molar-refractivity contribution in [1.29, 1.82) is 0 Å². The molecule has 0 bridgehead atoms. The van der Waals surface area contributed by atoms with Crippen molar-refractivity contribution in [1.82, 2.24) is 4.98 Å². The maximum atomic E-state index is 6.48. The minimum atomic E-state index is 0.875. The molecule has 0 amide bonds. The predicted octanol–water partition coefficient (Wildman–Crippen LogP) is 3.97. The highest BCUT2D eigenvalue weighted by molar-refractivity contribution is 5.99. The normalized spacial score (nSPS) is 13.6. The maximum Gasteiger partial charge on any atom is 0.0726 e. The van der Waals surface area contributed by atoms with Crippen LogP contribution in [0.2, 0.25) is 0 Å². The van der Waals surface area contributed by atoms with Gasteiger partial charge in [-0.25, -0.2) is 0 Å². The summed E-state index contributed by atoms with van der Waals surface area (Å²) in [6, 6.07) is 16.7. The van der Waals surface area contributed by atoms with Crippen molar-refractivity contribution < 1.29 is 0 Å². The van der Waals surface area contributed by atoms with E-state index in [9.17, 15) is 0 Å². The van der Waals surface area contributed by atoms with Gasteiger partial charge in [0.25, 0.3) is 0 Å². The molecule has 0 atom stereocenters. The summed E-state index contributed by atoms with van der Waals surface area (Å²) < 4.78 is 0. The zero-order chi connectivity index (χ0) is 13.5. The highest BCUT2D eigenvalue weighted by Gasteiger charge is 2.19. The average molecular weight is 260 g/mol. The lowest BCUT2D eigenvalue weighted by Crippen LogP contribution is -2.00. The van der Waals surface area contributed by atoms with Gasteiger partial charge in [-0.1, -0.05) is 42.5 Å². The lowest BCUT2D eigenvalue weighted by molar-refractivity contribution is 0.818. The van der Waals surface area contributed by atoms with Crippen molar-refractivity contribution in [3.63, 3.8) is 0 Å². The Morgan fingerprint density at radius 3 is 2.65 bits per heavy atom. The van der Waals surface area contributed by atoms with E-state index in [2.05, 4.69) is 30.3 Å². The Balaban J connectivity index is 2.12. The molecule has 0 radical (unpaired) electrons. The summed E-state index contributed by atoms with van der Waals surface area (Å²) in [5.41, 5.74) is 13.3. The molecule has 20 heavy (non-hydrogen) atoms. The predicted molar refractivity (Wildman–Crippen MR) is 83.6 cm³/mol. The molecule has 0 unspecified atom stereocenters. The zero-order valence-corrected chi connectivity index (χ0v) is 11.3. The van der Waals surface area contributed by atoms with E-state index in [-0.39, 0.29) is 0 Å². The Hall–Kier alpha value is -2.35. The second-order valence-electron chi connectivity index (χ2n) is 5.38. The van der Waals surface area contributed by atoms with E-state index in [0.29, 0.717) is 0 Å². The van der Waals surface area contributed by atoms with Gasteiger partial charge in [-0.05, 0) is 36.5 Å². The van der Waals surface area contributed by atoms with Crippen LogP contribution in [0.4, 0.5) is 5.69 Å². The molecule has 0 aliphatic heterocycles. The van der Waals surface area contributed by atoms with Gasteiger partial charge in [-0.2, -0.15) is 0 Å². The third-order valence-electron chi connectivity index (χ3n) is 4.15. The van der Waals surface area contributed by atoms with E-state index < -0.39 is 0 Å². The van der Waals surface area contributed by atoms with Gasteiger partial charge in [0.15, 0.2) is 0 Å².